The summed E-state index contributed by atoms with van der Waals surface area (Å²) < 4.78 is 10.5. The molecule has 2 rings (SSSR count). The number of amides is 1. The van der Waals surface area contributed by atoms with E-state index in [1.165, 1.54) is 0 Å². The number of nitrogens with one attached hydrogen (secondary N) is 1. The Labute approximate surface area is 142 Å². The number of carbonyl (C=O) groups is 1. The zero-order chi connectivity index (χ0) is 17.5. The molecule has 0 aliphatic rings. The molecular formula is C19H23NO4. The van der Waals surface area contributed by atoms with Crippen molar-refractivity contribution in [2.24, 2.45) is 0 Å². The van der Waals surface area contributed by atoms with Crippen LogP contribution in [-0.4, -0.2) is 25.2 Å². The molecule has 0 aromatic heterocycles. The van der Waals surface area contributed by atoms with Crippen LogP contribution in [0.15, 0.2) is 48.5 Å². The lowest BCUT2D eigenvalue weighted by atomic mass is 9.95. The molecule has 1 amide bonds. The molecule has 128 valence electrons. The van der Waals surface area contributed by atoms with Gasteiger partial charge in [-0.2, -0.15) is 0 Å². The van der Waals surface area contributed by atoms with Crippen LogP contribution in [-0.2, 0) is 4.79 Å². The topological polar surface area (TPSA) is 67.8 Å². The zero-order valence-electron chi connectivity index (χ0n) is 14.2. The number of aliphatic hydroxyl groups is 1. The van der Waals surface area contributed by atoms with Gasteiger partial charge in [0.05, 0.1) is 20.3 Å². The van der Waals surface area contributed by atoms with E-state index in [1.807, 2.05) is 30.3 Å². The van der Waals surface area contributed by atoms with Crippen LogP contribution >= 0.6 is 0 Å². The number of benzene rings is 2. The Kier molecular flexibility index (Phi) is 6.21. The summed E-state index contributed by atoms with van der Waals surface area (Å²) in [5.41, 5.74) is 1.47. The fourth-order valence-electron chi connectivity index (χ4n) is 2.51. The van der Waals surface area contributed by atoms with E-state index >= 15 is 0 Å². The number of methoxy groups -OCH3 is 2. The number of hydrogen-bond donors (Lipinski definition) is 2. The summed E-state index contributed by atoms with van der Waals surface area (Å²) in [6.07, 6.45) is -0.565. The molecule has 24 heavy (non-hydrogen) atoms. The van der Waals surface area contributed by atoms with Crippen LogP contribution < -0.4 is 14.8 Å². The van der Waals surface area contributed by atoms with Crippen LogP contribution in [0.3, 0.4) is 0 Å². The van der Waals surface area contributed by atoms with Crippen molar-refractivity contribution in [2.75, 3.05) is 14.2 Å². The van der Waals surface area contributed by atoms with Crippen molar-refractivity contribution < 1.29 is 19.4 Å². The molecule has 5 nitrogen and oxygen atoms in total. The summed E-state index contributed by atoms with van der Waals surface area (Å²) in [6, 6.07) is 14.1. The highest BCUT2D eigenvalue weighted by molar-refractivity contribution is 5.76. The maximum Gasteiger partial charge on any atom is 0.220 e. The van der Waals surface area contributed by atoms with E-state index in [0.29, 0.717) is 23.5 Å². The zero-order valence-corrected chi connectivity index (χ0v) is 14.2. The van der Waals surface area contributed by atoms with Gasteiger partial charge in [-0.3, -0.25) is 4.79 Å². The summed E-state index contributed by atoms with van der Waals surface area (Å²) in [4.78, 5) is 11.9. The lowest BCUT2D eigenvalue weighted by Gasteiger charge is -2.25. The Hall–Kier alpha value is -2.53. The van der Waals surface area contributed by atoms with Crippen LogP contribution in [0.5, 0.6) is 11.5 Å². The number of hydrogen-bond acceptors (Lipinski definition) is 4. The van der Waals surface area contributed by atoms with Crippen LogP contribution in [0, 0.1) is 0 Å². The van der Waals surface area contributed by atoms with E-state index in [0.717, 1.165) is 5.56 Å². The minimum Gasteiger partial charge on any atom is -0.493 e. The summed E-state index contributed by atoms with van der Waals surface area (Å²) in [6.45, 7) is 1.78. The predicted octanol–water partition coefficient (Wildman–Crippen LogP) is 3.00. The fraction of sp³-hybridized carbons (Fsp3) is 0.316. The second kappa shape index (κ2) is 8.36. The SMILES string of the molecule is CCC(=O)N[C@H](c1ccccc1)[C@@H](O)c1ccc(OC)c(OC)c1. The van der Waals surface area contributed by atoms with Crippen molar-refractivity contribution in [3.63, 3.8) is 0 Å². The first-order valence-electron chi connectivity index (χ1n) is 7.85. The van der Waals surface area contributed by atoms with Crippen LogP contribution in [0.4, 0.5) is 0 Å². The van der Waals surface area contributed by atoms with Gasteiger partial charge in [0.2, 0.25) is 5.91 Å². The van der Waals surface area contributed by atoms with Gasteiger partial charge in [0.1, 0.15) is 6.10 Å². The molecule has 0 aliphatic carbocycles. The van der Waals surface area contributed by atoms with Crippen molar-refractivity contribution in [1.82, 2.24) is 5.32 Å². The first-order valence-corrected chi connectivity index (χ1v) is 7.85. The molecule has 2 N–H and O–H groups in total. The first kappa shape index (κ1) is 17.8. The van der Waals surface area contributed by atoms with Crippen molar-refractivity contribution in [3.8, 4) is 11.5 Å². The normalized spacial score (nSPS) is 13.0. The van der Waals surface area contributed by atoms with Gasteiger partial charge >= 0.3 is 0 Å². The molecule has 0 saturated heterocycles. The Balaban J connectivity index is 2.37. The van der Waals surface area contributed by atoms with Crippen LogP contribution in [0.25, 0.3) is 0 Å². The van der Waals surface area contributed by atoms with Gasteiger partial charge in [-0.25, -0.2) is 0 Å². The summed E-state index contributed by atoms with van der Waals surface area (Å²) in [5.74, 6) is 0.994. The second-order valence-electron chi connectivity index (χ2n) is 5.37. The van der Waals surface area contributed by atoms with E-state index in [2.05, 4.69) is 5.32 Å². The molecule has 0 spiro atoms. The molecule has 0 saturated carbocycles. The molecule has 0 radical (unpaired) electrons. The minimum atomic E-state index is -0.914. The van der Waals surface area contributed by atoms with Crippen molar-refractivity contribution in [3.05, 3.63) is 59.7 Å². The third-order valence-electron chi connectivity index (χ3n) is 3.86. The third kappa shape index (κ3) is 4.06. The molecule has 2 atom stereocenters. The average Bonchev–Trinajstić information content (AvgIpc) is 2.65. The monoisotopic (exact) mass is 329 g/mol. The molecule has 5 heteroatoms. The first-order chi connectivity index (χ1) is 11.6. The molecule has 2 aromatic rings. The van der Waals surface area contributed by atoms with E-state index < -0.39 is 12.1 Å². The largest absolute Gasteiger partial charge is 0.493 e. The quantitative estimate of drug-likeness (QED) is 0.819. The molecule has 0 bridgehead atoms. The van der Waals surface area contributed by atoms with Gasteiger partial charge in [0.25, 0.3) is 0 Å². The van der Waals surface area contributed by atoms with Crippen molar-refractivity contribution >= 4 is 5.91 Å². The maximum atomic E-state index is 11.9. The van der Waals surface area contributed by atoms with Gasteiger partial charge in [0.15, 0.2) is 11.5 Å². The number of aliphatic hydroxyl groups excluding tert-OH is 1. The predicted molar refractivity (Wildman–Crippen MR) is 92.1 cm³/mol. The third-order valence-corrected chi connectivity index (χ3v) is 3.86. The van der Waals surface area contributed by atoms with E-state index in [9.17, 15) is 9.90 Å². The van der Waals surface area contributed by atoms with E-state index in [4.69, 9.17) is 9.47 Å². The molecule has 0 heterocycles. The van der Waals surface area contributed by atoms with Gasteiger partial charge < -0.3 is 19.9 Å². The number of ether oxygens (including phenoxy) is 2. The van der Waals surface area contributed by atoms with Gasteiger partial charge in [0, 0.05) is 6.42 Å². The van der Waals surface area contributed by atoms with E-state index in [1.54, 1.807) is 39.3 Å². The van der Waals surface area contributed by atoms with Crippen LogP contribution in [0.1, 0.15) is 36.6 Å². The highest BCUT2D eigenvalue weighted by Gasteiger charge is 2.25. The van der Waals surface area contributed by atoms with Gasteiger partial charge in [-0.1, -0.05) is 43.3 Å². The lowest BCUT2D eigenvalue weighted by molar-refractivity contribution is -0.122. The fourth-order valence-corrected chi connectivity index (χ4v) is 2.51. The second-order valence-corrected chi connectivity index (χ2v) is 5.37. The Morgan fingerprint density at radius 1 is 1.04 bits per heavy atom. The lowest BCUT2D eigenvalue weighted by Crippen LogP contribution is -2.32. The highest BCUT2D eigenvalue weighted by atomic mass is 16.5. The number of carbonyl (C=O) groups excluding carboxylic acids is 1. The molecule has 2 aromatic carbocycles. The molecule has 0 aliphatic heterocycles. The molecule has 0 unspecified atom stereocenters. The molecular weight excluding hydrogens is 306 g/mol. The minimum absolute atomic E-state index is 0.122. The Morgan fingerprint density at radius 2 is 1.71 bits per heavy atom. The summed E-state index contributed by atoms with van der Waals surface area (Å²) in [5, 5.41) is 13.7. The highest BCUT2D eigenvalue weighted by Crippen LogP contribution is 2.34. The standard InChI is InChI=1S/C19H23NO4/c1-4-17(21)20-18(13-8-6-5-7-9-13)19(22)14-10-11-15(23-2)16(12-14)24-3/h5-12,18-19,22H,4H2,1-3H3,(H,20,21)/t18-,19+/m1/s1. The van der Waals surface area contributed by atoms with Crippen molar-refractivity contribution in [2.45, 2.75) is 25.5 Å². The Morgan fingerprint density at radius 3 is 2.29 bits per heavy atom. The van der Waals surface area contributed by atoms with E-state index in [-0.39, 0.29) is 5.91 Å². The average molecular weight is 329 g/mol. The van der Waals surface area contributed by atoms with Crippen LogP contribution in [0.2, 0.25) is 0 Å². The number of rotatable bonds is 7. The van der Waals surface area contributed by atoms with Gasteiger partial charge in [-0.15, -0.1) is 0 Å². The smallest absolute Gasteiger partial charge is 0.220 e. The van der Waals surface area contributed by atoms with Gasteiger partial charge in [-0.05, 0) is 23.3 Å². The maximum absolute atomic E-state index is 11.9. The molecule has 0 fully saturated rings. The summed E-state index contributed by atoms with van der Waals surface area (Å²) in [7, 11) is 3.10. The summed E-state index contributed by atoms with van der Waals surface area (Å²) >= 11 is 0. The van der Waals surface area contributed by atoms with Crippen molar-refractivity contribution in [1.29, 1.82) is 0 Å². The Bertz CT molecular complexity index is 672.